The summed E-state index contributed by atoms with van der Waals surface area (Å²) in [6.07, 6.45) is 3.79. The minimum absolute atomic E-state index is 0.753. The summed E-state index contributed by atoms with van der Waals surface area (Å²) >= 11 is 0. The Balaban J connectivity index is 1.82. The number of morpholine rings is 1. The summed E-state index contributed by atoms with van der Waals surface area (Å²) < 4.78 is 5.33. The van der Waals surface area contributed by atoms with Crippen molar-refractivity contribution in [2.24, 2.45) is 0 Å². The van der Waals surface area contributed by atoms with E-state index in [1.807, 2.05) is 12.4 Å². The molecule has 0 unspecified atom stereocenters. The van der Waals surface area contributed by atoms with Crippen LogP contribution in [0.2, 0.25) is 0 Å². The van der Waals surface area contributed by atoms with Gasteiger partial charge >= 0.3 is 0 Å². The van der Waals surface area contributed by atoms with Crippen LogP contribution in [0.15, 0.2) is 36.7 Å². The highest BCUT2D eigenvalue weighted by Crippen LogP contribution is 2.20. The summed E-state index contributed by atoms with van der Waals surface area (Å²) in [4.78, 5) is 11.1. The highest BCUT2D eigenvalue weighted by atomic mass is 16.5. The van der Waals surface area contributed by atoms with Crippen LogP contribution in [-0.4, -0.2) is 36.3 Å². The van der Waals surface area contributed by atoms with Crippen molar-refractivity contribution < 1.29 is 4.74 Å². The Labute approximate surface area is 113 Å². The molecular weight excluding hydrogens is 238 g/mol. The van der Waals surface area contributed by atoms with Crippen LogP contribution in [0.3, 0.4) is 0 Å². The fraction of sp³-hybridized carbons (Fsp3) is 0.333. The molecule has 1 aromatic heterocycles. The van der Waals surface area contributed by atoms with Crippen molar-refractivity contribution in [3.05, 3.63) is 42.2 Å². The number of hydrogen-bond acceptors (Lipinski definition) is 4. The van der Waals surface area contributed by atoms with Gasteiger partial charge in [0.1, 0.15) is 0 Å². The lowest BCUT2D eigenvalue weighted by Crippen LogP contribution is -2.37. The Morgan fingerprint density at radius 2 is 1.79 bits per heavy atom. The molecule has 0 saturated carbocycles. The van der Waals surface area contributed by atoms with Gasteiger partial charge in [-0.2, -0.15) is 0 Å². The fourth-order valence-corrected chi connectivity index (χ4v) is 2.22. The van der Waals surface area contributed by atoms with Crippen LogP contribution in [0.5, 0.6) is 0 Å². The van der Waals surface area contributed by atoms with Crippen molar-refractivity contribution in [1.82, 2.24) is 9.97 Å². The average Bonchev–Trinajstić information content (AvgIpc) is 2.48. The lowest BCUT2D eigenvalue weighted by molar-refractivity contribution is 0.122. The van der Waals surface area contributed by atoms with Crippen LogP contribution in [0.1, 0.15) is 5.56 Å². The number of aromatic nitrogens is 2. The van der Waals surface area contributed by atoms with E-state index in [0.29, 0.717) is 0 Å². The third kappa shape index (κ3) is 2.74. The summed E-state index contributed by atoms with van der Waals surface area (Å²) in [5.74, 6) is 0.791. The smallest absolute Gasteiger partial charge is 0.225 e. The van der Waals surface area contributed by atoms with Crippen LogP contribution < -0.4 is 4.90 Å². The Morgan fingerprint density at radius 3 is 2.47 bits per heavy atom. The van der Waals surface area contributed by atoms with Crippen molar-refractivity contribution in [3.8, 4) is 11.1 Å². The number of hydrogen-bond donors (Lipinski definition) is 0. The van der Waals surface area contributed by atoms with E-state index < -0.39 is 0 Å². The van der Waals surface area contributed by atoms with Gasteiger partial charge in [-0.3, -0.25) is 0 Å². The summed E-state index contributed by atoms with van der Waals surface area (Å²) in [7, 11) is 0. The maximum absolute atomic E-state index is 5.33. The number of benzene rings is 1. The zero-order chi connectivity index (χ0) is 13.1. The van der Waals surface area contributed by atoms with Gasteiger partial charge in [-0.1, -0.05) is 29.8 Å². The number of ether oxygens (including phenoxy) is 1. The van der Waals surface area contributed by atoms with Crippen molar-refractivity contribution in [3.63, 3.8) is 0 Å². The zero-order valence-electron chi connectivity index (χ0n) is 11.0. The molecule has 2 aromatic rings. The third-order valence-electron chi connectivity index (χ3n) is 3.28. The Hall–Kier alpha value is -1.94. The summed E-state index contributed by atoms with van der Waals surface area (Å²) in [5.41, 5.74) is 3.46. The highest BCUT2D eigenvalue weighted by molar-refractivity contribution is 5.62. The minimum Gasteiger partial charge on any atom is -0.378 e. The molecular formula is C15H17N3O. The standard InChI is InChI=1S/C15H17N3O/c1-12-3-2-4-13(9-12)14-10-16-15(17-11-14)18-5-7-19-8-6-18/h2-4,9-11H,5-8H2,1H3. The molecule has 3 rings (SSSR count). The van der Waals surface area contributed by atoms with E-state index in [1.54, 1.807) is 0 Å². The van der Waals surface area contributed by atoms with Gasteiger partial charge in [-0.25, -0.2) is 9.97 Å². The molecule has 19 heavy (non-hydrogen) atoms. The van der Waals surface area contributed by atoms with Crippen LogP contribution in [0, 0.1) is 6.92 Å². The molecule has 2 heterocycles. The maximum atomic E-state index is 5.33. The van der Waals surface area contributed by atoms with Gasteiger partial charge in [0.2, 0.25) is 5.95 Å². The molecule has 4 heteroatoms. The molecule has 0 amide bonds. The predicted molar refractivity (Wildman–Crippen MR) is 75.2 cm³/mol. The van der Waals surface area contributed by atoms with E-state index in [-0.39, 0.29) is 0 Å². The highest BCUT2D eigenvalue weighted by Gasteiger charge is 2.13. The van der Waals surface area contributed by atoms with Gasteiger partial charge in [0.15, 0.2) is 0 Å². The number of nitrogens with zero attached hydrogens (tertiary/aromatic N) is 3. The molecule has 0 radical (unpaired) electrons. The lowest BCUT2D eigenvalue weighted by atomic mass is 10.1. The van der Waals surface area contributed by atoms with E-state index in [9.17, 15) is 0 Å². The second-order valence-corrected chi connectivity index (χ2v) is 4.74. The van der Waals surface area contributed by atoms with Gasteiger partial charge in [0.25, 0.3) is 0 Å². The van der Waals surface area contributed by atoms with Crippen molar-refractivity contribution in [1.29, 1.82) is 0 Å². The van der Waals surface area contributed by atoms with Gasteiger partial charge < -0.3 is 9.64 Å². The van der Waals surface area contributed by atoms with Crippen molar-refractivity contribution in [2.45, 2.75) is 6.92 Å². The first-order valence-corrected chi connectivity index (χ1v) is 6.55. The first-order chi connectivity index (χ1) is 9.33. The van der Waals surface area contributed by atoms with E-state index in [4.69, 9.17) is 4.74 Å². The number of anilines is 1. The first-order valence-electron chi connectivity index (χ1n) is 6.55. The summed E-state index contributed by atoms with van der Waals surface area (Å²) in [5, 5.41) is 0. The normalized spacial score (nSPS) is 15.5. The number of aryl methyl sites for hydroxylation is 1. The Kier molecular flexibility index (Phi) is 3.42. The molecule has 1 aliphatic heterocycles. The second kappa shape index (κ2) is 5.36. The van der Waals surface area contributed by atoms with Crippen LogP contribution >= 0.6 is 0 Å². The molecule has 1 saturated heterocycles. The molecule has 0 atom stereocenters. The maximum Gasteiger partial charge on any atom is 0.225 e. The molecule has 4 nitrogen and oxygen atoms in total. The third-order valence-corrected chi connectivity index (χ3v) is 3.28. The topological polar surface area (TPSA) is 38.2 Å². The lowest BCUT2D eigenvalue weighted by Gasteiger charge is -2.26. The molecule has 1 aliphatic rings. The minimum atomic E-state index is 0.753. The van der Waals surface area contributed by atoms with Crippen molar-refractivity contribution in [2.75, 3.05) is 31.2 Å². The summed E-state index contributed by atoms with van der Waals surface area (Å²) in [6, 6.07) is 8.38. The fourth-order valence-electron chi connectivity index (χ4n) is 2.22. The quantitative estimate of drug-likeness (QED) is 0.825. The molecule has 1 aromatic carbocycles. The Morgan fingerprint density at radius 1 is 1.05 bits per heavy atom. The van der Waals surface area contributed by atoms with E-state index in [2.05, 4.69) is 46.1 Å². The molecule has 0 N–H and O–H groups in total. The average molecular weight is 255 g/mol. The summed E-state index contributed by atoms with van der Waals surface area (Å²) in [6.45, 7) is 5.33. The Bertz CT molecular complexity index is 548. The molecule has 1 fully saturated rings. The second-order valence-electron chi connectivity index (χ2n) is 4.74. The van der Waals surface area contributed by atoms with Gasteiger partial charge in [-0.15, -0.1) is 0 Å². The zero-order valence-corrected chi connectivity index (χ0v) is 11.0. The van der Waals surface area contributed by atoms with Gasteiger partial charge in [0, 0.05) is 31.0 Å². The van der Waals surface area contributed by atoms with E-state index >= 15 is 0 Å². The SMILES string of the molecule is Cc1cccc(-c2cnc(N3CCOCC3)nc2)c1. The predicted octanol–water partition coefficient (Wildman–Crippen LogP) is 2.29. The van der Waals surface area contributed by atoms with Crippen molar-refractivity contribution >= 4 is 5.95 Å². The molecule has 98 valence electrons. The molecule has 0 aliphatic carbocycles. The van der Waals surface area contributed by atoms with Crippen LogP contribution in [0.4, 0.5) is 5.95 Å². The van der Waals surface area contributed by atoms with E-state index in [1.165, 1.54) is 5.56 Å². The van der Waals surface area contributed by atoms with E-state index in [0.717, 1.165) is 43.4 Å². The van der Waals surface area contributed by atoms with Gasteiger partial charge in [0.05, 0.1) is 13.2 Å². The number of rotatable bonds is 2. The molecule has 0 spiro atoms. The monoisotopic (exact) mass is 255 g/mol. The van der Waals surface area contributed by atoms with Crippen LogP contribution in [0.25, 0.3) is 11.1 Å². The first kappa shape index (κ1) is 12.1. The van der Waals surface area contributed by atoms with Gasteiger partial charge in [-0.05, 0) is 12.5 Å². The largest absolute Gasteiger partial charge is 0.378 e. The van der Waals surface area contributed by atoms with Crippen LogP contribution in [-0.2, 0) is 4.74 Å². The molecule has 0 bridgehead atoms.